The molecule has 0 aliphatic heterocycles. The van der Waals surface area contributed by atoms with Gasteiger partial charge in [0.15, 0.2) is 6.61 Å². The SMILES string of the molecule is N=C(N)c1ccc(-c2ccc(OCC(=O)NCCC(=O)O)cc2)cc1. The lowest BCUT2D eigenvalue weighted by molar-refractivity contribution is -0.137. The molecule has 0 saturated heterocycles. The Morgan fingerprint density at radius 3 is 2.12 bits per heavy atom. The number of rotatable bonds is 8. The molecule has 2 rings (SSSR count). The smallest absolute Gasteiger partial charge is 0.305 e. The van der Waals surface area contributed by atoms with Crippen LogP contribution in [-0.4, -0.2) is 36.0 Å². The fourth-order valence-corrected chi connectivity index (χ4v) is 2.09. The maximum absolute atomic E-state index is 11.5. The van der Waals surface area contributed by atoms with Crippen LogP contribution in [0, 0.1) is 5.41 Å². The van der Waals surface area contributed by atoms with Crippen LogP contribution in [0.2, 0.25) is 0 Å². The van der Waals surface area contributed by atoms with Crippen LogP contribution in [0.1, 0.15) is 12.0 Å². The molecule has 25 heavy (non-hydrogen) atoms. The molecule has 130 valence electrons. The summed E-state index contributed by atoms with van der Waals surface area (Å²) in [5.41, 5.74) is 8.04. The monoisotopic (exact) mass is 341 g/mol. The van der Waals surface area contributed by atoms with Crippen LogP contribution in [0.15, 0.2) is 48.5 Å². The van der Waals surface area contributed by atoms with E-state index in [1.54, 1.807) is 24.3 Å². The molecule has 0 unspecified atom stereocenters. The Balaban J connectivity index is 1.88. The van der Waals surface area contributed by atoms with Gasteiger partial charge in [-0.2, -0.15) is 0 Å². The summed E-state index contributed by atoms with van der Waals surface area (Å²) in [6, 6.07) is 14.5. The zero-order valence-corrected chi connectivity index (χ0v) is 13.5. The second-order valence-corrected chi connectivity index (χ2v) is 5.30. The number of carboxylic acid groups (broad SMARTS) is 1. The van der Waals surface area contributed by atoms with Crippen molar-refractivity contribution in [3.05, 3.63) is 54.1 Å². The molecule has 0 bridgehead atoms. The Kier molecular flexibility index (Phi) is 6.11. The van der Waals surface area contributed by atoms with Gasteiger partial charge in [-0.25, -0.2) is 0 Å². The van der Waals surface area contributed by atoms with Crippen LogP contribution in [0.4, 0.5) is 0 Å². The molecule has 0 atom stereocenters. The number of carbonyl (C=O) groups is 2. The maximum Gasteiger partial charge on any atom is 0.305 e. The van der Waals surface area contributed by atoms with E-state index in [4.69, 9.17) is 21.0 Å². The van der Waals surface area contributed by atoms with E-state index in [-0.39, 0.29) is 31.3 Å². The number of aliphatic carboxylic acids is 1. The average Bonchev–Trinajstić information content (AvgIpc) is 2.60. The van der Waals surface area contributed by atoms with E-state index in [9.17, 15) is 9.59 Å². The highest BCUT2D eigenvalue weighted by Crippen LogP contribution is 2.22. The van der Waals surface area contributed by atoms with Gasteiger partial charge in [0.2, 0.25) is 0 Å². The lowest BCUT2D eigenvalue weighted by atomic mass is 10.0. The molecule has 0 aromatic heterocycles. The molecule has 7 heteroatoms. The molecule has 5 N–H and O–H groups in total. The number of carbonyl (C=O) groups excluding carboxylic acids is 1. The zero-order valence-electron chi connectivity index (χ0n) is 13.5. The van der Waals surface area contributed by atoms with Crippen molar-refractivity contribution < 1.29 is 19.4 Å². The van der Waals surface area contributed by atoms with Crippen LogP contribution >= 0.6 is 0 Å². The summed E-state index contributed by atoms with van der Waals surface area (Å²) in [7, 11) is 0. The Morgan fingerprint density at radius 2 is 1.60 bits per heavy atom. The fraction of sp³-hybridized carbons (Fsp3) is 0.167. The maximum atomic E-state index is 11.5. The zero-order chi connectivity index (χ0) is 18.2. The predicted octanol–water partition coefficient (Wildman–Crippen LogP) is 1.61. The van der Waals surface area contributed by atoms with Gasteiger partial charge in [-0.1, -0.05) is 36.4 Å². The molecule has 0 saturated carbocycles. The van der Waals surface area contributed by atoms with E-state index in [1.165, 1.54) is 0 Å². The van der Waals surface area contributed by atoms with Crippen LogP contribution in [0.3, 0.4) is 0 Å². The Morgan fingerprint density at radius 1 is 1.04 bits per heavy atom. The van der Waals surface area contributed by atoms with Gasteiger partial charge in [-0.05, 0) is 23.3 Å². The minimum absolute atomic E-state index is 0.0249. The first kappa shape index (κ1) is 18.0. The number of hydrogen-bond acceptors (Lipinski definition) is 4. The van der Waals surface area contributed by atoms with E-state index in [0.717, 1.165) is 11.1 Å². The standard InChI is InChI=1S/C18H19N3O4/c19-18(20)14-3-1-12(2-4-14)13-5-7-15(8-6-13)25-11-16(22)21-10-9-17(23)24/h1-8H,9-11H2,(H3,19,20)(H,21,22)(H,23,24). The first-order valence-electron chi connectivity index (χ1n) is 7.62. The molecule has 1 amide bonds. The molecule has 2 aromatic carbocycles. The number of nitrogens with two attached hydrogens (primary N) is 1. The number of hydrogen-bond donors (Lipinski definition) is 4. The number of ether oxygens (including phenoxy) is 1. The largest absolute Gasteiger partial charge is 0.484 e. The van der Waals surface area contributed by atoms with Crippen molar-refractivity contribution in [2.24, 2.45) is 5.73 Å². The first-order chi connectivity index (χ1) is 12.0. The summed E-state index contributed by atoms with van der Waals surface area (Å²) in [6.45, 7) is -0.0982. The summed E-state index contributed by atoms with van der Waals surface area (Å²) in [4.78, 5) is 21.9. The highest BCUT2D eigenvalue weighted by molar-refractivity contribution is 5.95. The van der Waals surface area contributed by atoms with Gasteiger partial charge in [0, 0.05) is 12.1 Å². The van der Waals surface area contributed by atoms with Gasteiger partial charge in [-0.15, -0.1) is 0 Å². The van der Waals surface area contributed by atoms with Gasteiger partial charge in [0.05, 0.1) is 6.42 Å². The summed E-state index contributed by atoms with van der Waals surface area (Å²) < 4.78 is 5.36. The summed E-state index contributed by atoms with van der Waals surface area (Å²) >= 11 is 0. The number of carboxylic acids is 1. The van der Waals surface area contributed by atoms with Crippen molar-refractivity contribution in [1.29, 1.82) is 5.41 Å². The highest BCUT2D eigenvalue weighted by atomic mass is 16.5. The minimum Gasteiger partial charge on any atom is -0.484 e. The normalized spacial score (nSPS) is 10.1. The van der Waals surface area contributed by atoms with Gasteiger partial charge < -0.3 is 20.9 Å². The Hall–Kier alpha value is -3.35. The number of nitrogen functional groups attached to an aromatic ring is 1. The molecule has 0 spiro atoms. The van der Waals surface area contributed by atoms with Gasteiger partial charge in [-0.3, -0.25) is 15.0 Å². The van der Waals surface area contributed by atoms with E-state index < -0.39 is 5.97 Å². The molecular formula is C18H19N3O4. The van der Waals surface area contributed by atoms with Crippen LogP contribution < -0.4 is 15.8 Å². The third-order valence-electron chi connectivity index (χ3n) is 3.41. The fourth-order valence-electron chi connectivity index (χ4n) is 2.09. The highest BCUT2D eigenvalue weighted by Gasteiger charge is 2.05. The summed E-state index contributed by atoms with van der Waals surface area (Å²) in [5, 5.41) is 18.3. The van der Waals surface area contributed by atoms with E-state index in [0.29, 0.717) is 11.3 Å². The van der Waals surface area contributed by atoms with Gasteiger partial charge >= 0.3 is 5.97 Å². The van der Waals surface area contributed by atoms with E-state index >= 15 is 0 Å². The molecular weight excluding hydrogens is 322 g/mol. The number of benzene rings is 2. The second-order valence-electron chi connectivity index (χ2n) is 5.30. The van der Waals surface area contributed by atoms with Crippen LogP contribution in [0.25, 0.3) is 11.1 Å². The van der Waals surface area contributed by atoms with Crippen molar-refractivity contribution in [2.45, 2.75) is 6.42 Å². The Labute approximate surface area is 144 Å². The van der Waals surface area contributed by atoms with E-state index in [2.05, 4.69) is 5.32 Å². The third-order valence-corrected chi connectivity index (χ3v) is 3.41. The first-order valence-corrected chi connectivity index (χ1v) is 7.62. The van der Waals surface area contributed by atoms with Crippen molar-refractivity contribution in [3.8, 4) is 16.9 Å². The molecule has 0 fully saturated rings. The second kappa shape index (κ2) is 8.49. The van der Waals surface area contributed by atoms with Crippen molar-refractivity contribution in [2.75, 3.05) is 13.2 Å². The molecule has 7 nitrogen and oxygen atoms in total. The lowest BCUT2D eigenvalue weighted by Gasteiger charge is -2.08. The molecule has 0 radical (unpaired) electrons. The molecule has 0 heterocycles. The quantitative estimate of drug-likeness (QED) is 0.429. The predicted molar refractivity (Wildman–Crippen MR) is 93.7 cm³/mol. The van der Waals surface area contributed by atoms with Crippen molar-refractivity contribution in [3.63, 3.8) is 0 Å². The van der Waals surface area contributed by atoms with Crippen LogP contribution in [0.5, 0.6) is 5.75 Å². The van der Waals surface area contributed by atoms with Crippen molar-refractivity contribution in [1.82, 2.24) is 5.32 Å². The van der Waals surface area contributed by atoms with E-state index in [1.807, 2.05) is 24.3 Å². The minimum atomic E-state index is -0.965. The summed E-state index contributed by atoms with van der Waals surface area (Å²) in [6.07, 6.45) is -0.122. The summed E-state index contributed by atoms with van der Waals surface area (Å²) in [5.74, 6) is -0.771. The molecule has 0 aliphatic rings. The molecule has 2 aromatic rings. The lowest BCUT2D eigenvalue weighted by Crippen LogP contribution is -2.30. The van der Waals surface area contributed by atoms with Crippen molar-refractivity contribution >= 4 is 17.7 Å². The number of nitrogens with one attached hydrogen (secondary N) is 2. The number of amidine groups is 1. The third kappa shape index (κ3) is 5.65. The van der Waals surface area contributed by atoms with Crippen LogP contribution in [-0.2, 0) is 9.59 Å². The Bertz CT molecular complexity index is 755. The van der Waals surface area contributed by atoms with Gasteiger partial charge in [0.1, 0.15) is 11.6 Å². The number of amides is 1. The topological polar surface area (TPSA) is 126 Å². The van der Waals surface area contributed by atoms with Gasteiger partial charge in [0.25, 0.3) is 5.91 Å². The molecule has 0 aliphatic carbocycles. The average molecular weight is 341 g/mol.